The van der Waals surface area contributed by atoms with Gasteiger partial charge in [0.15, 0.2) is 16.4 Å². The zero-order chi connectivity index (χ0) is 24.9. The summed E-state index contributed by atoms with van der Waals surface area (Å²) in [5.74, 6) is -3.07. The first-order valence-corrected chi connectivity index (χ1v) is 13.6. The van der Waals surface area contributed by atoms with Crippen LogP contribution in [0, 0.1) is 11.7 Å². The number of carbonyl (C=O) groups is 3. The van der Waals surface area contributed by atoms with E-state index in [2.05, 4.69) is 5.32 Å². The lowest BCUT2D eigenvalue weighted by Crippen LogP contribution is -2.51. The maximum absolute atomic E-state index is 13.9. The van der Waals surface area contributed by atoms with E-state index in [0.717, 1.165) is 38.2 Å². The van der Waals surface area contributed by atoms with E-state index in [4.69, 9.17) is 4.74 Å². The smallest absolute Gasteiger partial charge is 0.329 e. The number of hydrogen-bond acceptors (Lipinski definition) is 6. The van der Waals surface area contributed by atoms with Gasteiger partial charge in [0.05, 0.1) is 17.1 Å². The largest absolute Gasteiger partial charge is 0.454 e. The van der Waals surface area contributed by atoms with Crippen LogP contribution in [0.4, 0.5) is 4.39 Å². The van der Waals surface area contributed by atoms with Crippen molar-refractivity contribution >= 4 is 27.6 Å². The predicted molar refractivity (Wildman–Crippen MR) is 124 cm³/mol. The average Bonchev–Trinajstić information content (AvgIpc) is 3.15. The molecule has 188 valence electrons. The molecule has 1 N–H and O–H groups in total. The van der Waals surface area contributed by atoms with Crippen LogP contribution >= 0.6 is 0 Å². The van der Waals surface area contributed by atoms with E-state index in [9.17, 15) is 27.2 Å². The van der Waals surface area contributed by atoms with Crippen LogP contribution in [0.5, 0.6) is 0 Å². The molecule has 1 saturated carbocycles. The van der Waals surface area contributed by atoms with Crippen molar-refractivity contribution in [2.24, 2.45) is 5.92 Å². The monoisotopic (exact) mass is 496 g/mol. The Hall–Kier alpha value is -2.49. The number of nitrogens with zero attached hydrogens (tertiary/aromatic N) is 1. The van der Waals surface area contributed by atoms with Crippen LogP contribution in [0.2, 0.25) is 0 Å². The molecule has 2 fully saturated rings. The van der Waals surface area contributed by atoms with E-state index >= 15 is 0 Å². The molecule has 1 aliphatic heterocycles. The highest BCUT2D eigenvalue weighted by Crippen LogP contribution is 2.28. The lowest BCUT2D eigenvalue weighted by molar-refractivity contribution is -0.156. The van der Waals surface area contributed by atoms with Gasteiger partial charge in [-0.3, -0.25) is 9.59 Å². The second-order valence-electron chi connectivity index (χ2n) is 9.43. The van der Waals surface area contributed by atoms with Crippen LogP contribution in [-0.4, -0.2) is 67.3 Å². The quantitative estimate of drug-likeness (QED) is 0.554. The number of nitrogens with one attached hydrogen (secondary N) is 1. The number of amides is 2. The van der Waals surface area contributed by atoms with Crippen molar-refractivity contribution in [1.82, 2.24) is 10.2 Å². The molecule has 1 saturated heterocycles. The summed E-state index contributed by atoms with van der Waals surface area (Å²) in [6.45, 7) is 2.87. The number of esters is 1. The molecule has 34 heavy (non-hydrogen) atoms. The Morgan fingerprint density at radius 1 is 1.09 bits per heavy atom. The lowest BCUT2D eigenvalue weighted by atomic mass is 9.93. The van der Waals surface area contributed by atoms with E-state index in [1.54, 1.807) is 18.7 Å². The van der Waals surface area contributed by atoms with Crippen molar-refractivity contribution in [3.8, 4) is 0 Å². The molecule has 1 heterocycles. The SMILES string of the molecule is CC(C)C(NC(=O)c1ccccc1F)C(=O)OCC(=O)N(C1CCCCC1)C1CCS(=O)(=O)C1. The molecule has 2 unspecified atom stereocenters. The minimum absolute atomic E-state index is 0.0471. The van der Waals surface area contributed by atoms with E-state index in [1.165, 1.54) is 18.2 Å². The summed E-state index contributed by atoms with van der Waals surface area (Å²) in [6.07, 6.45) is 4.98. The van der Waals surface area contributed by atoms with Gasteiger partial charge >= 0.3 is 5.97 Å². The highest BCUT2D eigenvalue weighted by atomic mass is 32.2. The van der Waals surface area contributed by atoms with Crippen LogP contribution in [0.3, 0.4) is 0 Å². The Bertz CT molecular complexity index is 1010. The summed E-state index contributed by atoms with van der Waals surface area (Å²) in [6, 6.07) is 3.88. The first-order chi connectivity index (χ1) is 16.1. The molecule has 0 spiro atoms. The Morgan fingerprint density at radius 2 is 1.76 bits per heavy atom. The Morgan fingerprint density at radius 3 is 2.35 bits per heavy atom. The number of sulfone groups is 1. The summed E-state index contributed by atoms with van der Waals surface area (Å²) in [7, 11) is -3.19. The van der Waals surface area contributed by atoms with Crippen molar-refractivity contribution in [2.75, 3.05) is 18.1 Å². The molecule has 1 aromatic rings. The summed E-state index contributed by atoms with van der Waals surface area (Å²) in [5.41, 5.74) is -0.192. The van der Waals surface area contributed by atoms with Gasteiger partial charge in [-0.05, 0) is 37.3 Å². The van der Waals surface area contributed by atoms with Gasteiger partial charge in [-0.15, -0.1) is 0 Å². The third-order valence-electron chi connectivity index (χ3n) is 6.52. The summed E-state index contributed by atoms with van der Waals surface area (Å²) >= 11 is 0. The number of ether oxygens (including phenoxy) is 1. The van der Waals surface area contributed by atoms with Gasteiger partial charge in [-0.2, -0.15) is 0 Å². The molecule has 2 amide bonds. The summed E-state index contributed by atoms with van der Waals surface area (Å²) < 4.78 is 43.3. The average molecular weight is 497 g/mol. The second-order valence-corrected chi connectivity index (χ2v) is 11.7. The predicted octanol–water partition coefficient (Wildman–Crippen LogP) is 2.47. The van der Waals surface area contributed by atoms with Gasteiger partial charge in [-0.1, -0.05) is 45.2 Å². The van der Waals surface area contributed by atoms with Gasteiger partial charge in [0.2, 0.25) is 0 Å². The fraction of sp³-hybridized carbons (Fsp3) is 0.625. The number of benzene rings is 1. The Labute approximate surface area is 200 Å². The van der Waals surface area contributed by atoms with Crippen molar-refractivity contribution in [2.45, 2.75) is 70.5 Å². The molecule has 2 aliphatic rings. The van der Waals surface area contributed by atoms with E-state index in [0.29, 0.717) is 6.42 Å². The fourth-order valence-electron chi connectivity index (χ4n) is 4.72. The summed E-state index contributed by atoms with van der Waals surface area (Å²) in [4.78, 5) is 40.0. The zero-order valence-corrected chi connectivity index (χ0v) is 20.5. The maximum atomic E-state index is 13.9. The maximum Gasteiger partial charge on any atom is 0.329 e. The molecular weight excluding hydrogens is 463 g/mol. The number of rotatable bonds is 8. The van der Waals surface area contributed by atoms with Gasteiger partial charge in [0.1, 0.15) is 11.9 Å². The van der Waals surface area contributed by atoms with Crippen LogP contribution in [0.15, 0.2) is 24.3 Å². The molecule has 0 bridgehead atoms. The molecule has 0 aromatic heterocycles. The normalized spacial score (nSPS) is 21.1. The highest BCUT2D eigenvalue weighted by molar-refractivity contribution is 7.91. The Balaban J connectivity index is 1.66. The van der Waals surface area contributed by atoms with Gasteiger partial charge in [-0.25, -0.2) is 17.6 Å². The van der Waals surface area contributed by atoms with Gasteiger partial charge < -0.3 is 15.0 Å². The standard InChI is InChI=1S/C24H33FN2O6S/c1-16(2)22(26-23(29)19-10-6-7-11-20(19)25)24(30)33-14-21(28)27(17-8-4-3-5-9-17)18-12-13-34(31,32)15-18/h6-7,10-11,16-18,22H,3-5,8-9,12-15H2,1-2H3,(H,26,29). The molecule has 1 aromatic carbocycles. The van der Waals surface area contributed by atoms with Crippen molar-refractivity contribution < 1.29 is 31.9 Å². The molecule has 10 heteroatoms. The van der Waals surface area contributed by atoms with E-state index < -0.39 is 52.1 Å². The number of hydrogen-bond donors (Lipinski definition) is 1. The van der Waals surface area contributed by atoms with Crippen molar-refractivity contribution in [3.63, 3.8) is 0 Å². The van der Waals surface area contributed by atoms with E-state index in [-0.39, 0.29) is 29.0 Å². The summed E-state index contributed by atoms with van der Waals surface area (Å²) in [5, 5.41) is 2.50. The molecule has 8 nitrogen and oxygen atoms in total. The van der Waals surface area contributed by atoms with Gasteiger partial charge in [0, 0.05) is 12.1 Å². The zero-order valence-electron chi connectivity index (χ0n) is 19.7. The van der Waals surface area contributed by atoms with Crippen molar-refractivity contribution in [3.05, 3.63) is 35.6 Å². The van der Waals surface area contributed by atoms with E-state index in [1.807, 2.05) is 0 Å². The molecule has 3 rings (SSSR count). The molecule has 1 aliphatic carbocycles. The lowest BCUT2D eigenvalue weighted by Gasteiger charge is -2.38. The van der Waals surface area contributed by atoms with Crippen LogP contribution in [-0.2, 0) is 24.2 Å². The first kappa shape index (κ1) is 26.1. The minimum atomic E-state index is -3.19. The van der Waals surface area contributed by atoms with Gasteiger partial charge in [0.25, 0.3) is 11.8 Å². The molecule has 2 atom stereocenters. The van der Waals surface area contributed by atoms with Crippen LogP contribution < -0.4 is 5.32 Å². The minimum Gasteiger partial charge on any atom is -0.454 e. The third kappa shape index (κ3) is 6.55. The second kappa shape index (κ2) is 11.3. The van der Waals surface area contributed by atoms with Crippen molar-refractivity contribution in [1.29, 1.82) is 0 Å². The number of halogens is 1. The topological polar surface area (TPSA) is 110 Å². The highest BCUT2D eigenvalue weighted by Gasteiger charge is 2.39. The molecule has 0 radical (unpaired) electrons. The Kier molecular flexibility index (Phi) is 8.67. The number of carbonyl (C=O) groups excluding carboxylic acids is 3. The van der Waals surface area contributed by atoms with Crippen LogP contribution in [0.1, 0.15) is 62.7 Å². The third-order valence-corrected chi connectivity index (χ3v) is 8.27. The fourth-order valence-corrected chi connectivity index (χ4v) is 6.43. The first-order valence-electron chi connectivity index (χ1n) is 11.8. The molecular formula is C24H33FN2O6S. The van der Waals surface area contributed by atoms with Crippen LogP contribution in [0.25, 0.3) is 0 Å².